The highest BCUT2D eigenvalue weighted by Crippen LogP contribution is 2.38. The third kappa shape index (κ3) is 4.26. The molecule has 1 spiro atoms. The van der Waals surface area contributed by atoms with Crippen LogP contribution in [0.3, 0.4) is 0 Å². The molecule has 5 nitrogen and oxygen atoms in total. The molecule has 128 valence electrons. The van der Waals surface area contributed by atoms with Crippen molar-refractivity contribution in [3.8, 4) is 0 Å². The van der Waals surface area contributed by atoms with Crippen molar-refractivity contribution in [3.05, 3.63) is 0 Å². The van der Waals surface area contributed by atoms with Crippen molar-refractivity contribution in [2.75, 3.05) is 60.0 Å². The SMILES string of the molecule is CN=C(NCC1CCN(C)CC1)N1CCC2(CCOC2)C1.I. The van der Waals surface area contributed by atoms with E-state index in [0.29, 0.717) is 5.41 Å². The Hall–Kier alpha value is -0.0800. The first kappa shape index (κ1) is 18.3. The van der Waals surface area contributed by atoms with E-state index in [4.69, 9.17) is 4.74 Å². The predicted octanol–water partition coefficient (Wildman–Crippen LogP) is 1.63. The molecule has 0 aromatic rings. The fourth-order valence-electron chi connectivity index (χ4n) is 3.92. The maximum absolute atomic E-state index is 5.62. The van der Waals surface area contributed by atoms with Gasteiger partial charge in [0.2, 0.25) is 0 Å². The minimum Gasteiger partial charge on any atom is -0.381 e. The molecule has 1 N–H and O–H groups in total. The Balaban J connectivity index is 0.00000176. The average Bonchev–Trinajstić information content (AvgIpc) is 3.13. The molecule has 0 aromatic carbocycles. The molecular formula is C16H31IN4O. The molecule has 0 aliphatic carbocycles. The number of ether oxygens (including phenoxy) is 1. The Labute approximate surface area is 151 Å². The largest absolute Gasteiger partial charge is 0.381 e. The summed E-state index contributed by atoms with van der Waals surface area (Å²) in [5.74, 6) is 1.89. The third-order valence-electron chi connectivity index (χ3n) is 5.52. The summed E-state index contributed by atoms with van der Waals surface area (Å²) in [6, 6.07) is 0. The van der Waals surface area contributed by atoms with E-state index in [2.05, 4.69) is 27.2 Å². The number of rotatable bonds is 2. The molecule has 22 heavy (non-hydrogen) atoms. The van der Waals surface area contributed by atoms with Crippen molar-refractivity contribution in [1.82, 2.24) is 15.1 Å². The van der Waals surface area contributed by atoms with E-state index in [0.717, 1.165) is 44.7 Å². The molecule has 3 saturated heterocycles. The van der Waals surface area contributed by atoms with Gasteiger partial charge in [0.15, 0.2) is 5.96 Å². The lowest BCUT2D eigenvalue weighted by molar-refractivity contribution is 0.156. The first-order chi connectivity index (χ1) is 10.2. The lowest BCUT2D eigenvalue weighted by atomic mass is 9.87. The Morgan fingerprint density at radius 3 is 2.68 bits per heavy atom. The molecule has 3 aliphatic heterocycles. The molecule has 6 heteroatoms. The van der Waals surface area contributed by atoms with E-state index < -0.39 is 0 Å². The van der Waals surface area contributed by atoms with E-state index in [1.165, 1.54) is 38.8 Å². The minimum atomic E-state index is 0. The van der Waals surface area contributed by atoms with Gasteiger partial charge in [-0.1, -0.05) is 0 Å². The smallest absolute Gasteiger partial charge is 0.193 e. The van der Waals surface area contributed by atoms with Crippen molar-refractivity contribution in [3.63, 3.8) is 0 Å². The topological polar surface area (TPSA) is 40.1 Å². The molecule has 0 radical (unpaired) electrons. The maximum atomic E-state index is 5.62. The Morgan fingerprint density at radius 2 is 2.05 bits per heavy atom. The van der Waals surface area contributed by atoms with Crippen molar-refractivity contribution in [1.29, 1.82) is 0 Å². The van der Waals surface area contributed by atoms with Crippen molar-refractivity contribution >= 4 is 29.9 Å². The summed E-state index contributed by atoms with van der Waals surface area (Å²) in [5, 5.41) is 3.62. The quantitative estimate of drug-likeness (QED) is 0.417. The summed E-state index contributed by atoms with van der Waals surface area (Å²) in [4.78, 5) is 9.36. The van der Waals surface area contributed by atoms with Gasteiger partial charge in [-0.05, 0) is 51.7 Å². The second kappa shape index (κ2) is 8.15. The second-order valence-corrected chi connectivity index (χ2v) is 7.15. The molecule has 0 saturated carbocycles. The van der Waals surface area contributed by atoms with Crippen molar-refractivity contribution in [2.45, 2.75) is 25.7 Å². The van der Waals surface area contributed by atoms with Gasteiger partial charge in [-0.3, -0.25) is 4.99 Å². The molecule has 3 rings (SSSR count). The van der Waals surface area contributed by atoms with Gasteiger partial charge in [-0.25, -0.2) is 0 Å². The lowest BCUT2D eigenvalue weighted by Crippen LogP contribution is -2.44. The van der Waals surface area contributed by atoms with Crippen LogP contribution in [0.15, 0.2) is 4.99 Å². The number of guanidine groups is 1. The zero-order chi connectivity index (χ0) is 14.7. The number of piperidine rings is 1. The Morgan fingerprint density at radius 1 is 1.27 bits per heavy atom. The fraction of sp³-hybridized carbons (Fsp3) is 0.938. The first-order valence-electron chi connectivity index (χ1n) is 8.43. The van der Waals surface area contributed by atoms with Crippen LogP contribution in [0.25, 0.3) is 0 Å². The Kier molecular flexibility index (Phi) is 6.76. The van der Waals surface area contributed by atoms with Crippen LogP contribution in [0.1, 0.15) is 25.7 Å². The van der Waals surface area contributed by atoms with Crippen LogP contribution in [-0.4, -0.2) is 75.8 Å². The van der Waals surface area contributed by atoms with Crippen molar-refractivity contribution in [2.24, 2.45) is 16.3 Å². The standard InChI is InChI=1S/C16H30N4O.HI/c1-17-15(18-11-14-3-7-19(2)8-4-14)20-9-5-16(12-20)6-10-21-13-16;/h14H,3-13H2,1-2H3,(H,17,18);1H. The van der Waals surface area contributed by atoms with Crippen LogP contribution in [0, 0.1) is 11.3 Å². The van der Waals surface area contributed by atoms with E-state index in [9.17, 15) is 0 Å². The lowest BCUT2D eigenvalue weighted by Gasteiger charge is -2.31. The molecule has 3 fully saturated rings. The van der Waals surface area contributed by atoms with Crippen LogP contribution in [0.4, 0.5) is 0 Å². The van der Waals surface area contributed by atoms with Gasteiger partial charge in [-0.15, -0.1) is 24.0 Å². The number of nitrogens with one attached hydrogen (secondary N) is 1. The number of hydrogen-bond donors (Lipinski definition) is 1. The molecule has 0 amide bonds. The van der Waals surface area contributed by atoms with Crippen LogP contribution >= 0.6 is 24.0 Å². The molecule has 1 atom stereocenters. The predicted molar refractivity (Wildman–Crippen MR) is 101 cm³/mol. The van der Waals surface area contributed by atoms with Gasteiger partial charge in [0, 0.05) is 38.7 Å². The number of likely N-dealkylation sites (tertiary alicyclic amines) is 2. The van der Waals surface area contributed by atoms with Gasteiger partial charge in [-0.2, -0.15) is 0 Å². The summed E-state index contributed by atoms with van der Waals surface area (Å²) >= 11 is 0. The number of halogens is 1. The minimum absolute atomic E-state index is 0. The van der Waals surface area contributed by atoms with Gasteiger partial charge in [0.1, 0.15) is 0 Å². The summed E-state index contributed by atoms with van der Waals surface area (Å²) in [6.45, 7) is 7.65. The van der Waals surface area contributed by atoms with E-state index >= 15 is 0 Å². The normalized spacial score (nSPS) is 30.8. The Bertz CT molecular complexity index is 376. The van der Waals surface area contributed by atoms with Gasteiger partial charge < -0.3 is 19.9 Å². The summed E-state index contributed by atoms with van der Waals surface area (Å²) < 4.78 is 5.62. The van der Waals surface area contributed by atoms with E-state index in [1.54, 1.807) is 0 Å². The van der Waals surface area contributed by atoms with Gasteiger partial charge in [0.05, 0.1) is 6.61 Å². The van der Waals surface area contributed by atoms with Crippen LogP contribution in [0.5, 0.6) is 0 Å². The number of aliphatic imine (C=N–C) groups is 1. The fourth-order valence-corrected chi connectivity index (χ4v) is 3.92. The van der Waals surface area contributed by atoms with Crippen LogP contribution in [-0.2, 0) is 4.74 Å². The molecule has 1 unspecified atom stereocenters. The third-order valence-corrected chi connectivity index (χ3v) is 5.52. The van der Waals surface area contributed by atoms with E-state index in [1.807, 2.05) is 7.05 Å². The summed E-state index contributed by atoms with van der Waals surface area (Å²) in [6.07, 6.45) is 5.08. The highest BCUT2D eigenvalue weighted by molar-refractivity contribution is 14.0. The molecular weight excluding hydrogens is 391 g/mol. The summed E-state index contributed by atoms with van der Waals surface area (Å²) in [7, 11) is 4.13. The molecule has 0 aromatic heterocycles. The maximum Gasteiger partial charge on any atom is 0.193 e. The first-order valence-corrected chi connectivity index (χ1v) is 8.43. The summed E-state index contributed by atoms with van der Waals surface area (Å²) in [5.41, 5.74) is 0.408. The van der Waals surface area contributed by atoms with Crippen LogP contribution < -0.4 is 5.32 Å². The zero-order valence-corrected chi connectivity index (χ0v) is 16.3. The van der Waals surface area contributed by atoms with Crippen LogP contribution in [0.2, 0.25) is 0 Å². The molecule has 3 aliphatic rings. The zero-order valence-electron chi connectivity index (χ0n) is 14.0. The molecule has 3 heterocycles. The average molecular weight is 422 g/mol. The van der Waals surface area contributed by atoms with Gasteiger partial charge >= 0.3 is 0 Å². The highest BCUT2D eigenvalue weighted by atomic mass is 127. The van der Waals surface area contributed by atoms with Crippen molar-refractivity contribution < 1.29 is 4.74 Å². The molecule has 0 bridgehead atoms. The van der Waals surface area contributed by atoms with E-state index in [-0.39, 0.29) is 24.0 Å². The second-order valence-electron chi connectivity index (χ2n) is 7.15. The van der Waals surface area contributed by atoms with Gasteiger partial charge in [0.25, 0.3) is 0 Å². The highest BCUT2D eigenvalue weighted by Gasteiger charge is 2.42. The number of hydrogen-bond acceptors (Lipinski definition) is 3. The monoisotopic (exact) mass is 422 g/mol. The number of nitrogens with zero attached hydrogens (tertiary/aromatic N) is 3.